The van der Waals surface area contributed by atoms with Crippen LogP contribution in [0.4, 0.5) is 8.78 Å². The van der Waals surface area contributed by atoms with Gasteiger partial charge in [-0.15, -0.1) is 0 Å². The van der Waals surface area contributed by atoms with Crippen molar-refractivity contribution in [2.24, 2.45) is 0 Å². The molecule has 2 unspecified atom stereocenters. The summed E-state index contributed by atoms with van der Waals surface area (Å²) in [6, 6.07) is 7.70. The SMILES string of the molecule is N#CCC1CC(n2c(C3CC(F)(F)C3)nc3cnc4ccc(Cl)cc4c32)CCO1. The maximum Gasteiger partial charge on any atom is 0.249 e. The Labute approximate surface area is 171 Å². The van der Waals surface area contributed by atoms with Gasteiger partial charge in [-0.1, -0.05) is 11.6 Å². The Balaban J connectivity index is 1.69. The van der Waals surface area contributed by atoms with Crippen LogP contribution < -0.4 is 0 Å². The quantitative estimate of drug-likeness (QED) is 0.574. The number of alkyl halides is 2. The molecule has 0 bridgehead atoms. The molecule has 3 aromatic rings. The lowest BCUT2D eigenvalue weighted by Gasteiger charge is -2.37. The van der Waals surface area contributed by atoms with Crippen molar-refractivity contribution in [3.05, 3.63) is 35.2 Å². The van der Waals surface area contributed by atoms with Gasteiger partial charge in [0.15, 0.2) is 0 Å². The molecule has 29 heavy (non-hydrogen) atoms. The van der Waals surface area contributed by atoms with Gasteiger partial charge in [-0.25, -0.2) is 13.8 Å². The zero-order valence-corrected chi connectivity index (χ0v) is 16.4. The highest BCUT2D eigenvalue weighted by molar-refractivity contribution is 6.31. The van der Waals surface area contributed by atoms with Crippen molar-refractivity contribution in [1.29, 1.82) is 5.26 Å². The van der Waals surface area contributed by atoms with Crippen LogP contribution in [0.15, 0.2) is 24.4 Å². The van der Waals surface area contributed by atoms with Crippen molar-refractivity contribution in [3.8, 4) is 6.07 Å². The molecule has 1 aromatic carbocycles. The van der Waals surface area contributed by atoms with E-state index in [-0.39, 0.29) is 30.9 Å². The molecular formula is C21H19ClF2N4O. The fourth-order valence-electron chi connectivity index (χ4n) is 4.61. The topological polar surface area (TPSA) is 63.7 Å². The first-order chi connectivity index (χ1) is 13.9. The van der Waals surface area contributed by atoms with Gasteiger partial charge in [0.05, 0.1) is 35.8 Å². The van der Waals surface area contributed by atoms with Crippen LogP contribution in [0, 0.1) is 11.3 Å². The second-order valence-corrected chi connectivity index (χ2v) is 8.42. The van der Waals surface area contributed by atoms with Crippen LogP contribution in [0.25, 0.3) is 21.9 Å². The zero-order valence-electron chi connectivity index (χ0n) is 15.6. The number of ether oxygens (including phenoxy) is 1. The Morgan fingerprint density at radius 2 is 2.14 bits per heavy atom. The van der Waals surface area contributed by atoms with Gasteiger partial charge in [0.1, 0.15) is 11.3 Å². The molecule has 5 rings (SSSR count). The molecule has 0 spiro atoms. The summed E-state index contributed by atoms with van der Waals surface area (Å²) in [4.78, 5) is 9.22. The lowest BCUT2D eigenvalue weighted by Crippen LogP contribution is -2.36. The van der Waals surface area contributed by atoms with Crippen molar-refractivity contribution in [2.45, 2.75) is 56.1 Å². The number of hydrogen-bond donors (Lipinski definition) is 0. The predicted octanol–water partition coefficient (Wildman–Crippen LogP) is 5.38. The molecular weight excluding hydrogens is 398 g/mol. The van der Waals surface area contributed by atoms with E-state index in [1.54, 1.807) is 12.3 Å². The van der Waals surface area contributed by atoms with E-state index >= 15 is 0 Å². The summed E-state index contributed by atoms with van der Waals surface area (Å²) in [5, 5.41) is 10.5. The van der Waals surface area contributed by atoms with Gasteiger partial charge < -0.3 is 9.30 Å². The number of rotatable bonds is 3. The minimum Gasteiger partial charge on any atom is -0.377 e. The van der Waals surface area contributed by atoms with Gasteiger partial charge in [0.2, 0.25) is 5.92 Å². The summed E-state index contributed by atoms with van der Waals surface area (Å²) in [6.45, 7) is 0.528. The smallest absolute Gasteiger partial charge is 0.249 e. The lowest BCUT2D eigenvalue weighted by molar-refractivity contribution is -0.0898. The predicted molar refractivity (Wildman–Crippen MR) is 105 cm³/mol. The standard InChI is InChI=1S/C21H19ClF2N4O/c22-13-1-2-17-16(7-13)19-18(11-26-17)27-20(12-9-21(23,24)10-12)28(19)14-4-6-29-15(8-14)3-5-25/h1-2,7,11-12,14-15H,3-4,6,8-10H2. The summed E-state index contributed by atoms with van der Waals surface area (Å²) in [6.07, 6.45) is 2.87. The second-order valence-electron chi connectivity index (χ2n) is 7.99. The maximum absolute atomic E-state index is 13.6. The normalized spacial score (nSPS) is 24.5. The third-order valence-electron chi connectivity index (χ3n) is 5.98. The molecule has 1 aliphatic carbocycles. The van der Waals surface area contributed by atoms with Gasteiger partial charge in [-0.3, -0.25) is 4.98 Å². The molecule has 2 fully saturated rings. The number of halogens is 3. The molecule has 2 aliphatic rings. The minimum absolute atomic E-state index is 0.0286. The van der Waals surface area contributed by atoms with Crippen LogP contribution >= 0.6 is 11.6 Å². The number of nitriles is 1. The summed E-state index contributed by atoms with van der Waals surface area (Å²) in [7, 11) is 0. The summed E-state index contributed by atoms with van der Waals surface area (Å²) in [5.41, 5.74) is 2.35. The van der Waals surface area contributed by atoms with Crippen molar-refractivity contribution < 1.29 is 13.5 Å². The number of benzene rings is 1. The van der Waals surface area contributed by atoms with Crippen LogP contribution in [-0.4, -0.2) is 33.2 Å². The molecule has 1 aliphatic heterocycles. The van der Waals surface area contributed by atoms with Crippen molar-refractivity contribution in [1.82, 2.24) is 14.5 Å². The molecule has 5 nitrogen and oxygen atoms in total. The van der Waals surface area contributed by atoms with Gasteiger partial charge in [0.25, 0.3) is 0 Å². The number of aromatic nitrogens is 3. The van der Waals surface area contributed by atoms with E-state index in [0.29, 0.717) is 35.8 Å². The number of fused-ring (bicyclic) bond motifs is 3. The van der Waals surface area contributed by atoms with E-state index in [0.717, 1.165) is 22.8 Å². The average Bonchev–Trinajstić information content (AvgIpc) is 3.06. The molecule has 0 amide bonds. The second kappa shape index (κ2) is 6.89. The van der Waals surface area contributed by atoms with E-state index < -0.39 is 5.92 Å². The molecule has 3 heterocycles. The Morgan fingerprint density at radius 1 is 1.31 bits per heavy atom. The average molecular weight is 417 g/mol. The van der Waals surface area contributed by atoms with E-state index in [1.165, 1.54) is 0 Å². The minimum atomic E-state index is -2.63. The Morgan fingerprint density at radius 3 is 2.90 bits per heavy atom. The maximum atomic E-state index is 13.6. The molecule has 2 atom stereocenters. The number of imidazole rings is 1. The number of hydrogen-bond acceptors (Lipinski definition) is 4. The largest absolute Gasteiger partial charge is 0.377 e. The van der Waals surface area contributed by atoms with Crippen LogP contribution in [0.5, 0.6) is 0 Å². The molecule has 1 saturated heterocycles. The van der Waals surface area contributed by atoms with E-state index in [1.807, 2.05) is 12.1 Å². The molecule has 0 radical (unpaired) electrons. The molecule has 150 valence electrons. The first-order valence-electron chi connectivity index (χ1n) is 9.77. The molecule has 1 saturated carbocycles. The Bertz CT molecular complexity index is 1130. The third kappa shape index (κ3) is 3.24. The fourth-order valence-corrected chi connectivity index (χ4v) is 4.78. The third-order valence-corrected chi connectivity index (χ3v) is 6.22. The highest BCUT2D eigenvalue weighted by Gasteiger charge is 2.48. The summed E-state index contributed by atoms with van der Waals surface area (Å²) < 4.78 is 35.1. The van der Waals surface area contributed by atoms with Gasteiger partial charge >= 0.3 is 0 Å². The zero-order chi connectivity index (χ0) is 20.2. The Kier molecular flexibility index (Phi) is 4.45. The van der Waals surface area contributed by atoms with Gasteiger partial charge in [-0.05, 0) is 31.0 Å². The van der Waals surface area contributed by atoms with Crippen LogP contribution in [0.2, 0.25) is 5.02 Å². The number of nitrogens with zero attached hydrogens (tertiary/aromatic N) is 4. The van der Waals surface area contributed by atoms with Gasteiger partial charge in [0, 0.05) is 41.8 Å². The number of pyridine rings is 1. The van der Waals surface area contributed by atoms with Crippen LogP contribution in [-0.2, 0) is 4.74 Å². The van der Waals surface area contributed by atoms with E-state index in [4.69, 9.17) is 26.6 Å². The first kappa shape index (κ1) is 18.7. The van der Waals surface area contributed by atoms with Gasteiger partial charge in [-0.2, -0.15) is 5.26 Å². The van der Waals surface area contributed by atoms with E-state index in [2.05, 4.69) is 15.6 Å². The fraction of sp³-hybridized carbons (Fsp3) is 0.476. The summed E-state index contributed by atoms with van der Waals surface area (Å²) in [5.74, 6) is -2.23. The first-order valence-corrected chi connectivity index (χ1v) is 10.2. The van der Waals surface area contributed by atoms with Crippen molar-refractivity contribution in [3.63, 3.8) is 0 Å². The van der Waals surface area contributed by atoms with Crippen LogP contribution in [0.1, 0.15) is 49.9 Å². The van der Waals surface area contributed by atoms with E-state index in [9.17, 15) is 8.78 Å². The molecule has 2 aromatic heterocycles. The van der Waals surface area contributed by atoms with Crippen LogP contribution in [0.3, 0.4) is 0 Å². The highest BCUT2D eigenvalue weighted by Crippen LogP contribution is 2.50. The molecule has 8 heteroatoms. The monoisotopic (exact) mass is 416 g/mol. The molecule has 0 N–H and O–H groups in total. The Hall–Kier alpha value is -2.30. The van der Waals surface area contributed by atoms with Crippen molar-refractivity contribution in [2.75, 3.05) is 6.61 Å². The van der Waals surface area contributed by atoms with Crippen molar-refractivity contribution >= 4 is 33.5 Å². The summed E-state index contributed by atoms with van der Waals surface area (Å²) >= 11 is 6.25. The lowest BCUT2D eigenvalue weighted by atomic mass is 9.80. The highest BCUT2D eigenvalue weighted by atomic mass is 35.5.